The van der Waals surface area contributed by atoms with Gasteiger partial charge in [0.05, 0.1) is 12.0 Å². The highest BCUT2D eigenvalue weighted by Gasteiger charge is 2.30. The van der Waals surface area contributed by atoms with Crippen LogP contribution in [-0.4, -0.2) is 47.9 Å². The van der Waals surface area contributed by atoms with Gasteiger partial charge in [0.2, 0.25) is 11.7 Å². The van der Waals surface area contributed by atoms with Gasteiger partial charge in [-0.3, -0.25) is 19.7 Å². The number of nitro benzene ring substituents is 1. The molecule has 0 fully saturated rings. The van der Waals surface area contributed by atoms with Crippen molar-refractivity contribution in [2.75, 3.05) is 20.3 Å². The Kier molecular flexibility index (Phi) is 11.3. The molecule has 1 N–H and O–H groups in total. The van der Waals surface area contributed by atoms with E-state index in [1.54, 1.807) is 0 Å². The first-order valence-corrected chi connectivity index (χ1v) is 13.4. The topological polar surface area (TPSA) is 111 Å². The Hall–Kier alpha value is -3.92. The van der Waals surface area contributed by atoms with Crippen molar-refractivity contribution in [2.24, 2.45) is 0 Å². The molecule has 0 radical (unpaired) electrons. The van der Waals surface area contributed by atoms with Crippen molar-refractivity contribution >= 4 is 33.4 Å². The third-order valence-electron chi connectivity index (χ3n) is 6.05. The molecule has 0 saturated carbocycles. The Morgan fingerprint density at radius 2 is 1.79 bits per heavy atom. The molecule has 0 heterocycles. The van der Waals surface area contributed by atoms with Crippen molar-refractivity contribution in [1.29, 1.82) is 0 Å². The number of nitrogens with zero attached hydrogens (tertiary/aromatic N) is 2. The van der Waals surface area contributed by atoms with Crippen LogP contribution in [-0.2, 0) is 22.6 Å². The lowest BCUT2D eigenvalue weighted by molar-refractivity contribution is -0.385. The van der Waals surface area contributed by atoms with Crippen molar-refractivity contribution in [2.45, 2.75) is 38.8 Å². The molecule has 0 aliphatic carbocycles. The highest BCUT2D eigenvalue weighted by Crippen LogP contribution is 2.31. The van der Waals surface area contributed by atoms with Gasteiger partial charge in [0.1, 0.15) is 11.8 Å². The summed E-state index contributed by atoms with van der Waals surface area (Å²) >= 11 is 3.47. The van der Waals surface area contributed by atoms with Crippen LogP contribution in [0.1, 0.15) is 30.9 Å². The van der Waals surface area contributed by atoms with Crippen molar-refractivity contribution in [3.63, 3.8) is 0 Å². The van der Waals surface area contributed by atoms with E-state index in [4.69, 9.17) is 9.47 Å². The second-order valence-corrected chi connectivity index (χ2v) is 9.80. The summed E-state index contributed by atoms with van der Waals surface area (Å²) in [4.78, 5) is 39.3. The predicted octanol–water partition coefficient (Wildman–Crippen LogP) is 5.30. The number of carbonyl (C=O) groups excluding carboxylic acids is 2. The number of rotatable bonds is 14. The molecular weight excluding hydrogens is 566 g/mol. The summed E-state index contributed by atoms with van der Waals surface area (Å²) in [5.74, 6) is -0.389. The van der Waals surface area contributed by atoms with Crippen molar-refractivity contribution in [1.82, 2.24) is 10.2 Å². The number of carbonyl (C=O) groups is 2. The largest absolute Gasteiger partial charge is 0.490 e. The van der Waals surface area contributed by atoms with Crippen LogP contribution in [0.3, 0.4) is 0 Å². The van der Waals surface area contributed by atoms with E-state index in [2.05, 4.69) is 21.2 Å². The summed E-state index contributed by atoms with van der Waals surface area (Å²) in [6, 6.07) is 20.3. The first kappa shape index (κ1) is 29.6. The van der Waals surface area contributed by atoms with Crippen LogP contribution in [0, 0.1) is 10.1 Å². The number of amides is 2. The number of hydrogen-bond donors (Lipinski definition) is 1. The van der Waals surface area contributed by atoms with E-state index in [1.807, 2.05) is 61.5 Å². The predicted molar refractivity (Wildman–Crippen MR) is 152 cm³/mol. The summed E-state index contributed by atoms with van der Waals surface area (Å²) in [6.07, 6.45) is 2.08. The molecule has 10 heteroatoms. The average Bonchev–Trinajstić information content (AvgIpc) is 2.94. The number of halogens is 1. The van der Waals surface area contributed by atoms with Gasteiger partial charge in [-0.15, -0.1) is 0 Å². The Labute approximate surface area is 236 Å². The highest BCUT2D eigenvalue weighted by atomic mass is 79.9. The lowest BCUT2D eigenvalue weighted by atomic mass is 10.0. The molecule has 0 unspecified atom stereocenters. The number of hydrogen-bond acceptors (Lipinski definition) is 6. The normalized spacial score (nSPS) is 11.4. The zero-order valence-electron chi connectivity index (χ0n) is 22.0. The summed E-state index contributed by atoms with van der Waals surface area (Å²) in [7, 11) is 1.32. The summed E-state index contributed by atoms with van der Waals surface area (Å²) in [5.41, 5.74) is 1.55. The third-order valence-corrected chi connectivity index (χ3v) is 6.55. The van der Waals surface area contributed by atoms with Gasteiger partial charge in [-0.2, -0.15) is 0 Å². The van der Waals surface area contributed by atoms with Gasteiger partial charge in [-0.05, 0) is 35.7 Å². The molecule has 0 spiro atoms. The zero-order valence-corrected chi connectivity index (χ0v) is 23.6. The Morgan fingerprint density at radius 1 is 1.05 bits per heavy atom. The van der Waals surface area contributed by atoms with Crippen LogP contribution >= 0.6 is 15.9 Å². The lowest BCUT2D eigenvalue weighted by Crippen LogP contribution is -2.51. The van der Waals surface area contributed by atoms with Gasteiger partial charge in [-0.25, -0.2) is 0 Å². The van der Waals surface area contributed by atoms with Gasteiger partial charge in [0, 0.05) is 36.1 Å². The molecule has 0 saturated heterocycles. The number of methoxy groups -OCH3 is 1. The van der Waals surface area contributed by atoms with E-state index in [1.165, 1.54) is 30.2 Å². The lowest BCUT2D eigenvalue weighted by Gasteiger charge is -2.31. The minimum absolute atomic E-state index is 0.0215. The van der Waals surface area contributed by atoms with E-state index >= 15 is 0 Å². The van der Waals surface area contributed by atoms with Crippen LogP contribution in [0.25, 0.3) is 0 Å². The molecule has 3 rings (SSSR count). The van der Waals surface area contributed by atoms with E-state index in [0.29, 0.717) is 13.0 Å². The molecule has 3 aromatic carbocycles. The second kappa shape index (κ2) is 14.9. The molecule has 3 aromatic rings. The summed E-state index contributed by atoms with van der Waals surface area (Å²) in [5, 5.41) is 14.2. The first-order valence-electron chi connectivity index (χ1n) is 12.6. The van der Waals surface area contributed by atoms with Crippen LogP contribution in [0.5, 0.6) is 11.5 Å². The van der Waals surface area contributed by atoms with Gasteiger partial charge in [-0.1, -0.05) is 71.7 Å². The number of benzene rings is 3. The monoisotopic (exact) mass is 597 g/mol. The molecule has 0 aromatic heterocycles. The Bertz CT molecular complexity index is 1270. The molecule has 1 atom stereocenters. The fourth-order valence-corrected chi connectivity index (χ4v) is 4.47. The summed E-state index contributed by atoms with van der Waals surface area (Å²) < 4.78 is 11.7. The summed E-state index contributed by atoms with van der Waals surface area (Å²) in [6.45, 7) is 2.37. The number of nitro groups is 1. The van der Waals surface area contributed by atoms with Gasteiger partial charge < -0.3 is 19.7 Å². The van der Waals surface area contributed by atoms with E-state index in [-0.39, 0.29) is 36.2 Å². The smallest absolute Gasteiger partial charge is 0.311 e. The Balaban J connectivity index is 1.90. The molecule has 9 nitrogen and oxygen atoms in total. The zero-order chi connectivity index (χ0) is 28.2. The minimum atomic E-state index is -0.786. The first-order chi connectivity index (χ1) is 18.8. The molecule has 0 aliphatic heterocycles. The van der Waals surface area contributed by atoms with Crippen LogP contribution < -0.4 is 14.8 Å². The maximum Gasteiger partial charge on any atom is 0.311 e. The standard InChI is InChI=1S/C29H32BrN3O6/c1-3-4-15-31-29(35)26(17-21-9-6-5-7-10-21)32(19-22-11-8-12-23(30)16-22)28(34)20-39-24-13-14-25(33(36)37)27(18-24)38-2/h5-14,16,18,26H,3-4,15,17,19-20H2,1-2H3,(H,31,35)/t26-/m0/s1. The van der Waals surface area contributed by atoms with E-state index in [9.17, 15) is 19.7 Å². The third kappa shape index (κ3) is 8.81. The fourth-order valence-electron chi connectivity index (χ4n) is 4.02. The maximum absolute atomic E-state index is 13.7. The molecule has 2 amide bonds. The molecule has 0 aliphatic rings. The van der Waals surface area contributed by atoms with Gasteiger partial charge in [0.25, 0.3) is 5.91 Å². The van der Waals surface area contributed by atoms with Crippen LogP contribution in [0.2, 0.25) is 0 Å². The molecule has 39 heavy (non-hydrogen) atoms. The van der Waals surface area contributed by atoms with Gasteiger partial charge in [0.15, 0.2) is 6.61 Å². The SMILES string of the molecule is CCCCNC(=O)[C@H](Cc1ccccc1)N(Cc1cccc(Br)c1)C(=O)COc1ccc([N+](=O)[O-])c(OC)c1. The van der Waals surface area contributed by atoms with Crippen molar-refractivity contribution < 1.29 is 24.0 Å². The number of nitrogens with one attached hydrogen (secondary N) is 1. The van der Waals surface area contributed by atoms with Crippen molar-refractivity contribution in [3.8, 4) is 11.5 Å². The molecule has 0 bridgehead atoms. The average molecular weight is 598 g/mol. The quantitative estimate of drug-likeness (QED) is 0.153. The van der Waals surface area contributed by atoms with E-state index < -0.39 is 16.9 Å². The van der Waals surface area contributed by atoms with E-state index in [0.717, 1.165) is 28.4 Å². The number of unbranched alkanes of at least 4 members (excludes halogenated alkanes) is 1. The maximum atomic E-state index is 13.7. The van der Waals surface area contributed by atoms with Crippen molar-refractivity contribution in [3.05, 3.63) is 98.5 Å². The Morgan fingerprint density at radius 3 is 2.46 bits per heavy atom. The number of ether oxygens (including phenoxy) is 2. The molecular formula is C29H32BrN3O6. The van der Waals surface area contributed by atoms with Gasteiger partial charge >= 0.3 is 5.69 Å². The van der Waals surface area contributed by atoms with Crippen LogP contribution in [0.4, 0.5) is 5.69 Å². The minimum Gasteiger partial charge on any atom is -0.490 e. The highest BCUT2D eigenvalue weighted by molar-refractivity contribution is 9.10. The fraction of sp³-hybridized carbons (Fsp3) is 0.310. The molecule has 206 valence electrons. The van der Waals surface area contributed by atoms with Crippen LogP contribution in [0.15, 0.2) is 77.3 Å². The second-order valence-electron chi connectivity index (χ2n) is 8.88.